The SMILES string of the molecule is CCCCCCCCCCCCOC(=O)C1CCCN1C(=O)OC. The van der Waals surface area contributed by atoms with Gasteiger partial charge in [0.1, 0.15) is 6.04 Å². The highest BCUT2D eigenvalue weighted by Gasteiger charge is 2.35. The van der Waals surface area contributed by atoms with E-state index in [9.17, 15) is 9.59 Å². The summed E-state index contributed by atoms with van der Waals surface area (Å²) in [6, 6.07) is -0.458. The highest BCUT2D eigenvalue weighted by molar-refractivity contribution is 5.82. The predicted molar refractivity (Wildman–Crippen MR) is 94.9 cm³/mol. The van der Waals surface area contributed by atoms with E-state index in [0.29, 0.717) is 19.6 Å². The summed E-state index contributed by atoms with van der Waals surface area (Å²) >= 11 is 0. The highest BCUT2D eigenvalue weighted by Crippen LogP contribution is 2.19. The zero-order valence-electron chi connectivity index (χ0n) is 15.6. The molecule has 1 aliphatic rings. The molecule has 1 unspecified atom stereocenters. The second kappa shape index (κ2) is 13.1. The lowest BCUT2D eigenvalue weighted by Gasteiger charge is -2.21. The van der Waals surface area contributed by atoms with Gasteiger partial charge >= 0.3 is 12.1 Å². The Labute approximate surface area is 147 Å². The Morgan fingerprint density at radius 2 is 1.54 bits per heavy atom. The molecule has 1 heterocycles. The molecule has 0 bridgehead atoms. The Bertz CT molecular complexity index is 359. The maximum absolute atomic E-state index is 12.1. The number of unbranched alkanes of at least 4 members (excludes halogenated alkanes) is 9. The lowest BCUT2D eigenvalue weighted by molar-refractivity contribution is -0.148. The molecule has 5 nitrogen and oxygen atoms in total. The fourth-order valence-corrected chi connectivity index (χ4v) is 3.21. The Hall–Kier alpha value is -1.26. The number of carbonyl (C=O) groups excluding carboxylic acids is 2. The van der Waals surface area contributed by atoms with Gasteiger partial charge in [-0.15, -0.1) is 0 Å². The fraction of sp³-hybridized carbons (Fsp3) is 0.895. The van der Waals surface area contributed by atoms with Gasteiger partial charge in [0.15, 0.2) is 0 Å². The molecule has 0 saturated carbocycles. The fourth-order valence-electron chi connectivity index (χ4n) is 3.21. The van der Waals surface area contributed by atoms with Crippen LogP contribution in [-0.4, -0.2) is 43.3 Å². The molecule has 0 aromatic heterocycles. The van der Waals surface area contributed by atoms with E-state index in [4.69, 9.17) is 9.47 Å². The normalized spacial score (nSPS) is 17.1. The molecular weight excluding hydrogens is 306 g/mol. The van der Waals surface area contributed by atoms with Crippen molar-refractivity contribution in [1.82, 2.24) is 4.90 Å². The molecule has 0 N–H and O–H groups in total. The summed E-state index contributed by atoms with van der Waals surface area (Å²) in [4.78, 5) is 25.1. The Balaban J connectivity index is 1.99. The van der Waals surface area contributed by atoms with Crippen molar-refractivity contribution in [2.75, 3.05) is 20.3 Å². The van der Waals surface area contributed by atoms with Gasteiger partial charge in [0.2, 0.25) is 0 Å². The van der Waals surface area contributed by atoms with E-state index in [0.717, 1.165) is 19.3 Å². The zero-order chi connectivity index (χ0) is 17.6. The number of esters is 1. The number of hydrogen-bond donors (Lipinski definition) is 0. The molecular formula is C19H35NO4. The van der Waals surface area contributed by atoms with E-state index in [2.05, 4.69) is 6.92 Å². The summed E-state index contributed by atoms with van der Waals surface area (Å²) in [6.07, 6.45) is 13.6. The van der Waals surface area contributed by atoms with Gasteiger partial charge in [0, 0.05) is 6.54 Å². The quantitative estimate of drug-likeness (QED) is 0.382. The summed E-state index contributed by atoms with van der Waals surface area (Å²) in [5.74, 6) is -0.283. The van der Waals surface area contributed by atoms with Crippen LogP contribution in [0.1, 0.15) is 84.0 Å². The number of amides is 1. The molecule has 1 saturated heterocycles. The van der Waals surface area contributed by atoms with Crippen molar-refractivity contribution >= 4 is 12.1 Å². The number of rotatable bonds is 12. The Morgan fingerprint density at radius 1 is 0.958 bits per heavy atom. The molecule has 0 aromatic carbocycles. The third kappa shape index (κ3) is 8.02. The number of likely N-dealkylation sites (tertiary alicyclic amines) is 1. The van der Waals surface area contributed by atoms with Crippen molar-refractivity contribution in [3.8, 4) is 0 Å². The molecule has 1 atom stereocenters. The van der Waals surface area contributed by atoms with Crippen molar-refractivity contribution in [3.05, 3.63) is 0 Å². The predicted octanol–water partition coefficient (Wildman–Crippen LogP) is 4.68. The van der Waals surface area contributed by atoms with Gasteiger partial charge in [0.25, 0.3) is 0 Å². The van der Waals surface area contributed by atoms with E-state index in [1.54, 1.807) is 0 Å². The number of carbonyl (C=O) groups is 2. The summed E-state index contributed by atoms with van der Waals surface area (Å²) in [7, 11) is 1.34. The maximum atomic E-state index is 12.1. The molecule has 5 heteroatoms. The molecule has 1 rings (SSSR count). The first-order valence-electron chi connectivity index (χ1n) is 9.72. The van der Waals surface area contributed by atoms with Crippen LogP contribution in [0.25, 0.3) is 0 Å². The molecule has 1 amide bonds. The molecule has 0 aliphatic carbocycles. The van der Waals surface area contributed by atoms with Crippen LogP contribution in [0.15, 0.2) is 0 Å². The molecule has 0 radical (unpaired) electrons. The van der Waals surface area contributed by atoms with E-state index in [1.807, 2.05) is 0 Å². The first-order chi connectivity index (χ1) is 11.7. The van der Waals surface area contributed by atoms with Crippen molar-refractivity contribution in [1.29, 1.82) is 0 Å². The van der Waals surface area contributed by atoms with Crippen molar-refractivity contribution in [3.63, 3.8) is 0 Å². The third-order valence-electron chi connectivity index (χ3n) is 4.68. The van der Waals surface area contributed by atoms with E-state index < -0.39 is 12.1 Å². The summed E-state index contributed by atoms with van der Waals surface area (Å²) < 4.78 is 10.0. The average Bonchev–Trinajstić information content (AvgIpc) is 3.08. The molecule has 0 spiro atoms. The molecule has 1 fully saturated rings. The van der Waals surface area contributed by atoms with Crippen LogP contribution in [0.2, 0.25) is 0 Å². The highest BCUT2D eigenvalue weighted by atomic mass is 16.6. The van der Waals surface area contributed by atoms with Crippen LogP contribution >= 0.6 is 0 Å². The lowest BCUT2D eigenvalue weighted by atomic mass is 10.1. The van der Waals surface area contributed by atoms with Gasteiger partial charge in [-0.25, -0.2) is 9.59 Å². The molecule has 140 valence electrons. The van der Waals surface area contributed by atoms with E-state index in [1.165, 1.54) is 63.4 Å². The Kier molecular flexibility index (Phi) is 11.3. The number of hydrogen-bond acceptors (Lipinski definition) is 4. The minimum Gasteiger partial charge on any atom is -0.464 e. The van der Waals surface area contributed by atoms with Gasteiger partial charge < -0.3 is 9.47 Å². The second-order valence-electron chi connectivity index (χ2n) is 6.67. The van der Waals surface area contributed by atoms with Crippen LogP contribution in [0.4, 0.5) is 4.79 Å². The number of methoxy groups -OCH3 is 1. The van der Waals surface area contributed by atoms with E-state index in [-0.39, 0.29) is 5.97 Å². The molecule has 24 heavy (non-hydrogen) atoms. The smallest absolute Gasteiger partial charge is 0.410 e. The second-order valence-corrected chi connectivity index (χ2v) is 6.67. The van der Waals surface area contributed by atoms with Crippen molar-refractivity contribution < 1.29 is 19.1 Å². The standard InChI is InChI=1S/C19H35NO4/c1-3-4-5-6-7-8-9-10-11-12-16-24-18(21)17-14-13-15-20(17)19(22)23-2/h17H,3-16H2,1-2H3. The lowest BCUT2D eigenvalue weighted by Crippen LogP contribution is -2.41. The van der Waals surface area contributed by atoms with Crippen molar-refractivity contribution in [2.24, 2.45) is 0 Å². The summed E-state index contributed by atoms with van der Waals surface area (Å²) in [5, 5.41) is 0. The molecule has 0 aromatic rings. The monoisotopic (exact) mass is 341 g/mol. The third-order valence-corrected chi connectivity index (χ3v) is 4.68. The van der Waals surface area contributed by atoms with Crippen LogP contribution < -0.4 is 0 Å². The van der Waals surface area contributed by atoms with Gasteiger partial charge in [-0.05, 0) is 19.3 Å². The number of ether oxygens (including phenoxy) is 2. The minimum atomic E-state index is -0.458. The largest absolute Gasteiger partial charge is 0.464 e. The Morgan fingerprint density at radius 3 is 2.12 bits per heavy atom. The van der Waals surface area contributed by atoms with Crippen LogP contribution in [0.5, 0.6) is 0 Å². The number of nitrogens with zero attached hydrogens (tertiary/aromatic N) is 1. The zero-order valence-corrected chi connectivity index (χ0v) is 15.6. The van der Waals surface area contributed by atoms with Crippen molar-refractivity contribution in [2.45, 2.75) is 90.0 Å². The first kappa shape index (κ1) is 20.8. The first-order valence-corrected chi connectivity index (χ1v) is 9.72. The van der Waals surface area contributed by atoms with Gasteiger partial charge in [-0.3, -0.25) is 4.90 Å². The van der Waals surface area contributed by atoms with E-state index >= 15 is 0 Å². The van der Waals surface area contributed by atoms with Crippen LogP contribution in [0, 0.1) is 0 Å². The van der Waals surface area contributed by atoms with Gasteiger partial charge in [-0.2, -0.15) is 0 Å². The molecule has 1 aliphatic heterocycles. The summed E-state index contributed by atoms with van der Waals surface area (Å²) in [5.41, 5.74) is 0. The maximum Gasteiger partial charge on any atom is 0.410 e. The average molecular weight is 341 g/mol. The topological polar surface area (TPSA) is 55.8 Å². The van der Waals surface area contributed by atoms with Gasteiger partial charge in [0.05, 0.1) is 13.7 Å². The van der Waals surface area contributed by atoms with Crippen LogP contribution in [0.3, 0.4) is 0 Å². The van der Waals surface area contributed by atoms with Crippen LogP contribution in [-0.2, 0) is 14.3 Å². The summed E-state index contributed by atoms with van der Waals surface area (Å²) in [6.45, 7) is 3.28. The van der Waals surface area contributed by atoms with Gasteiger partial charge in [-0.1, -0.05) is 64.7 Å². The minimum absolute atomic E-state index is 0.283.